The molecule has 0 aromatic rings. The normalized spacial score (nSPS) is 56.6. The van der Waals surface area contributed by atoms with Crippen LogP contribution in [-0.4, -0.2) is 46.8 Å². The van der Waals surface area contributed by atoms with Crippen molar-refractivity contribution in [1.29, 1.82) is 0 Å². The van der Waals surface area contributed by atoms with Crippen molar-refractivity contribution >= 4 is 0 Å². The van der Waals surface area contributed by atoms with Crippen LogP contribution in [0.5, 0.6) is 0 Å². The molecule has 148 valence electrons. The van der Waals surface area contributed by atoms with E-state index in [2.05, 4.69) is 13.5 Å². The molecule has 5 aliphatic carbocycles. The predicted molar refractivity (Wildman–Crippen MR) is 100 cm³/mol. The molecule has 4 nitrogen and oxygen atoms in total. The topological polar surface area (TPSA) is 69.9 Å². The number of aliphatic hydroxyl groups is 3. The number of methoxy groups -OCH3 is 1. The second-order valence-corrected chi connectivity index (χ2v) is 10.1. The standard InChI is InChI=1S/C22H36O4/c1-13-15-6-9-22(19(13)24)17(10-15)21(12-26-4)8-5-7-20(3,25)14(2)16(21)11-18(22)23/h14-19,23-25H,1,5-12H2,2-4H3. The number of aliphatic hydroxyl groups excluding tert-OH is 2. The van der Waals surface area contributed by atoms with Gasteiger partial charge in [-0.2, -0.15) is 0 Å². The van der Waals surface area contributed by atoms with E-state index in [1.54, 1.807) is 7.11 Å². The minimum atomic E-state index is -0.708. The summed E-state index contributed by atoms with van der Waals surface area (Å²) < 4.78 is 5.80. The smallest absolute Gasteiger partial charge is 0.0834 e. The molecule has 0 aromatic heterocycles. The first-order chi connectivity index (χ1) is 12.2. The molecule has 0 aromatic carbocycles. The molecule has 0 aliphatic heterocycles. The van der Waals surface area contributed by atoms with Crippen molar-refractivity contribution in [2.24, 2.45) is 34.5 Å². The minimum absolute atomic E-state index is 0.0752. The van der Waals surface area contributed by atoms with Gasteiger partial charge >= 0.3 is 0 Å². The molecular weight excluding hydrogens is 328 g/mol. The van der Waals surface area contributed by atoms with Crippen molar-refractivity contribution in [3.8, 4) is 0 Å². The average molecular weight is 365 g/mol. The van der Waals surface area contributed by atoms with Crippen molar-refractivity contribution in [3.63, 3.8) is 0 Å². The van der Waals surface area contributed by atoms with Gasteiger partial charge in [0.1, 0.15) is 0 Å². The van der Waals surface area contributed by atoms with Crippen molar-refractivity contribution in [2.45, 2.75) is 76.6 Å². The predicted octanol–water partition coefficient (Wildman–Crippen LogP) is 2.90. The van der Waals surface area contributed by atoms with Gasteiger partial charge in [0.05, 0.1) is 24.4 Å². The van der Waals surface area contributed by atoms with Gasteiger partial charge in [-0.1, -0.05) is 13.5 Å². The molecule has 3 N–H and O–H groups in total. The summed E-state index contributed by atoms with van der Waals surface area (Å²) in [6.45, 7) is 8.96. The van der Waals surface area contributed by atoms with E-state index in [1.165, 1.54) is 0 Å². The zero-order chi connectivity index (χ0) is 18.9. The van der Waals surface area contributed by atoms with Crippen LogP contribution in [0.4, 0.5) is 0 Å². The fraction of sp³-hybridized carbons (Fsp3) is 0.909. The zero-order valence-electron chi connectivity index (χ0n) is 16.6. The average Bonchev–Trinajstić information content (AvgIpc) is 2.69. The van der Waals surface area contributed by atoms with Crippen LogP contribution >= 0.6 is 0 Å². The van der Waals surface area contributed by atoms with Gasteiger partial charge < -0.3 is 20.1 Å². The van der Waals surface area contributed by atoms with E-state index in [4.69, 9.17) is 4.74 Å². The Kier molecular flexibility index (Phi) is 4.39. The van der Waals surface area contributed by atoms with Gasteiger partial charge in [-0.15, -0.1) is 0 Å². The fourth-order valence-electron chi connectivity index (χ4n) is 7.80. The van der Waals surface area contributed by atoms with Gasteiger partial charge in [0.2, 0.25) is 0 Å². The molecule has 5 saturated carbocycles. The summed E-state index contributed by atoms with van der Waals surface area (Å²) in [5.41, 5.74) is -0.322. The third-order valence-corrected chi connectivity index (χ3v) is 9.33. The molecule has 0 amide bonds. The monoisotopic (exact) mass is 364 g/mol. The molecule has 5 fully saturated rings. The van der Waals surface area contributed by atoms with Crippen molar-refractivity contribution in [2.75, 3.05) is 13.7 Å². The van der Waals surface area contributed by atoms with Gasteiger partial charge in [-0.25, -0.2) is 0 Å². The number of ether oxygens (including phenoxy) is 1. The largest absolute Gasteiger partial charge is 0.392 e. The lowest BCUT2D eigenvalue weighted by Gasteiger charge is -2.68. The molecule has 4 heteroatoms. The quantitative estimate of drug-likeness (QED) is 0.659. The summed E-state index contributed by atoms with van der Waals surface area (Å²) >= 11 is 0. The molecule has 1 spiro atoms. The Bertz CT molecular complexity index is 587. The Labute approximate surface area is 157 Å². The lowest BCUT2D eigenvalue weighted by Crippen LogP contribution is -2.69. The first-order valence-electron chi connectivity index (χ1n) is 10.5. The fourth-order valence-corrected chi connectivity index (χ4v) is 7.80. The zero-order valence-corrected chi connectivity index (χ0v) is 16.6. The third kappa shape index (κ3) is 2.22. The molecule has 5 aliphatic rings. The molecule has 0 radical (unpaired) electrons. The highest BCUT2D eigenvalue weighted by Crippen LogP contribution is 2.70. The highest BCUT2D eigenvalue weighted by molar-refractivity contribution is 5.28. The van der Waals surface area contributed by atoms with Crippen LogP contribution in [0.2, 0.25) is 0 Å². The van der Waals surface area contributed by atoms with Gasteiger partial charge in [-0.3, -0.25) is 0 Å². The van der Waals surface area contributed by atoms with Gasteiger partial charge in [0.25, 0.3) is 0 Å². The van der Waals surface area contributed by atoms with E-state index in [1.807, 2.05) is 6.92 Å². The molecule has 9 unspecified atom stereocenters. The molecule has 5 rings (SSSR count). The Hall–Kier alpha value is -0.420. The van der Waals surface area contributed by atoms with E-state index in [-0.39, 0.29) is 23.2 Å². The van der Waals surface area contributed by atoms with Crippen LogP contribution in [-0.2, 0) is 4.74 Å². The highest BCUT2D eigenvalue weighted by Gasteiger charge is 2.69. The Balaban J connectivity index is 1.85. The lowest BCUT2D eigenvalue weighted by molar-refractivity contribution is -0.250. The van der Waals surface area contributed by atoms with Crippen molar-refractivity contribution < 1.29 is 20.1 Å². The maximum atomic E-state index is 11.3. The number of hydrogen-bond acceptors (Lipinski definition) is 4. The van der Waals surface area contributed by atoms with Crippen LogP contribution < -0.4 is 0 Å². The van der Waals surface area contributed by atoms with Gasteiger partial charge in [0.15, 0.2) is 0 Å². The van der Waals surface area contributed by atoms with Crippen LogP contribution in [0.25, 0.3) is 0 Å². The first kappa shape index (κ1) is 18.9. The van der Waals surface area contributed by atoms with Crippen molar-refractivity contribution in [1.82, 2.24) is 0 Å². The van der Waals surface area contributed by atoms with Crippen LogP contribution in [0, 0.1) is 34.5 Å². The van der Waals surface area contributed by atoms with Crippen LogP contribution in [0.1, 0.15) is 58.8 Å². The number of rotatable bonds is 2. The van der Waals surface area contributed by atoms with E-state index < -0.39 is 23.2 Å². The van der Waals surface area contributed by atoms with E-state index in [0.717, 1.165) is 44.1 Å². The second kappa shape index (κ2) is 6.04. The molecule has 0 saturated heterocycles. The summed E-state index contributed by atoms with van der Waals surface area (Å²) in [6.07, 6.45) is 5.20. The Morgan fingerprint density at radius 2 is 1.92 bits per heavy atom. The SMILES string of the molecule is C=C1C2CCC3(C(O)CC4C(C)C(C)(O)CCCC4(COC)C3C2)C1O. The lowest BCUT2D eigenvalue weighted by atomic mass is 9.38. The molecular formula is C22H36O4. The minimum Gasteiger partial charge on any atom is -0.392 e. The van der Waals surface area contributed by atoms with E-state index in [9.17, 15) is 15.3 Å². The first-order valence-corrected chi connectivity index (χ1v) is 10.5. The van der Waals surface area contributed by atoms with Gasteiger partial charge in [0, 0.05) is 17.9 Å². The maximum Gasteiger partial charge on any atom is 0.0834 e. The summed E-state index contributed by atoms with van der Waals surface area (Å²) in [7, 11) is 1.77. The molecule has 2 bridgehead atoms. The highest BCUT2D eigenvalue weighted by atomic mass is 16.5. The summed E-state index contributed by atoms with van der Waals surface area (Å²) in [6, 6.07) is 0. The third-order valence-electron chi connectivity index (χ3n) is 9.33. The van der Waals surface area contributed by atoms with E-state index >= 15 is 0 Å². The van der Waals surface area contributed by atoms with Crippen LogP contribution in [0.15, 0.2) is 12.2 Å². The summed E-state index contributed by atoms with van der Waals surface area (Å²) in [5, 5.41) is 33.6. The molecule has 9 atom stereocenters. The second-order valence-electron chi connectivity index (χ2n) is 10.1. The molecule has 0 heterocycles. The summed E-state index contributed by atoms with van der Waals surface area (Å²) in [5.74, 6) is 0.910. The summed E-state index contributed by atoms with van der Waals surface area (Å²) in [4.78, 5) is 0. The number of fused-ring (bicyclic) bond motifs is 3. The number of hydrogen-bond donors (Lipinski definition) is 3. The van der Waals surface area contributed by atoms with E-state index in [0.29, 0.717) is 18.9 Å². The van der Waals surface area contributed by atoms with Crippen LogP contribution in [0.3, 0.4) is 0 Å². The maximum absolute atomic E-state index is 11.3. The van der Waals surface area contributed by atoms with Crippen molar-refractivity contribution in [3.05, 3.63) is 12.2 Å². The van der Waals surface area contributed by atoms with Gasteiger partial charge in [-0.05, 0) is 81.1 Å². The Morgan fingerprint density at radius 3 is 2.62 bits per heavy atom. The molecule has 26 heavy (non-hydrogen) atoms. The Morgan fingerprint density at radius 1 is 1.19 bits per heavy atom.